The summed E-state index contributed by atoms with van der Waals surface area (Å²) >= 11 is 0. The van der Waals surface area contributed by atoms with E-state index in [0.29, 0.717) is 12.3 Å². The molecule has 1 amide bonds. The van der Waals surface area contributed by atoms with Gasteiger partial charge in [0, 0.05) is 29.3 Å². The molecule has 130 valence electrons. The first-order chi connectivity index (χ1) is 11.9. The molecule has 0 unspecified atom stereocenters. The van der Waals surface area contributed by atoms with Crippen LogP contribution >= 0.6 is 0 Å². The Bertz CT molecular complexity index is 935. The van der Waals surface area contributed by atoms with Crippen molar-refractivity contribution in [1.82, 2.24) is 4.57 Å². The lowest BCUT2D eigenvalue weighted by atomic mass is 9.98. The van der Waals surface area contributed by atoms with Crippen LogP contribution in [0.25, 0.3) is 10.9 Å². The Morgan fingerprint density at radius 1 is 1.08 bits per heavy atom. The molecule has 1 N–H and O–H groups in total. The van der Waals surface area contributed by atoms with Gasteiger partial charge in [0.05, 0.1) is 6.42 Å². The van der Waals surface area contributed by atoms with Gasteiger partial charge in [-0.3, -0.25) is 4.79 Å². The molecule has 0 saturated carbocycles. The van der Waals surface area contributed by atoms with Crippen molar-refractivity contribution >= 4 is 22.5 Å². The summed E-state index contributed by atoms with van der Waals surface area (Å²) in [5.41, 5.74) is 6.67. The fourth-order valence-corrected chi connectivity index (χ4v) is 3.51. The molecule has 0 radical (unpaired) electrons. The number of fused-ring (bicyclic) bond motifs is 1. The monoisotopic (exact) mass is 334 g/mol. The van der Waals surface area contributed by atoms with Crippen LogP contribution in [0, 0.1) is 13.8 Å². The van der Waals surface area contributed by atoms with Gasteiger partial charge in [-0.15, -0.1) is 0 Å². The van der Waals surface area contributed by atoms with Gasteiger partial charge in [0.15, 0.2) is 0 Å². The van der Waals surface area contributed by atoms with E-state index >= 15 is 0 Å². The summed E-state index contributed by atoms with van der Waals surface area (Å²) in [5, 5.41) is 4.32. The van der Waals surface area contributed by atoms with Crippen LogP contribution in [0.5, 0.6) is 0 Å². The number of nitrogens with one attached hydrogen (secondary N) is 1. The zero-order valence-electron chi connectivity index (χ0n) is 15.7. The normalized spacial score (nSPS) is 11.3. The molecule has 3 aromatic rings. The molecule has 25 heavy (non-hydrogen) atoms. The number of carbonyl (C=O) groups is 1. The lowest BCUT2D eigenvalue weighted by Crippen LogP contribution is -2.17. The SMILES string of the molecule is Cc1cccc(C(C)C)c1NC(=O)Cc1c(C)n(C)c2ccccc12. The average Bonchev–Trinajstić information content (AvgIpc) is 2.82. The lowest BCUT2D eigenvalue weighted by molar-refractivity contribution is -0.115. The minimum Gasteiger partial charge on any atom is -0.348 e. The van der Waals surface area contributed by atoms with Crippen molar-refractivity contribution in [3.8, 4) is 0 Å². The Morgan fingerprint density at radius 2 is 1.80 bits per heavy atom. The van der Waals surface area contributed by atoms with E-state index in [1.165, 1.54) is 11.1 Å². The van der Waals surface area contributed by atoms with Crippen molar-refractivity contribution in [2.24, 2.45) is 7.05 Å². The largest absolute Gasteiger partial charge is 0.348 e. The quantitative estimate of drug-likeness (QED) is 0.707. The fraction of sp³-hybridized carbons (Fsp3) is 0.318. The molecule has 1 heterocycles. The number of aromatic nitrogens is 1. The molecule has 0 aliphatic carbocycles. The second-order valence-electron chi connectivity index (χ2n) is 7.06. The third kappa shape index (κ3) is 3.19. The standard InChI is InChI=1S/C22H26N2O/c1-14(2)17-11-8-9-15(3)22(17)23-21(25)13-19-16(4)24(5)20-12-7-6-10-18(19)20/h6-12,14H,13H2,1-5H3,(H,23,25). The number of hydrogen-bond donors (Lipinski definition) is 1. The topological polar surface area (TPSA) is 34.0 Å². The molecule has 3 nitrogen and oxygen atoms in total. The van der Waals surface area contributed by atoms with E-state index in [9.17, 15) is 4.79 Å². The van der Waals surface area contributed by atoms with Crippen molar-refractivity contribution in [3.63, 3.8) is 0 Å². The second-order valence-corrected chi connectivity index (χ2v) is 7.06. The first-order valence-electron chi connectivity index (χ1n) is 8.82. The van der Waals surface area contributed by atoms with Gasteiger partial charge in [-0.05, 0) is 42.5 Å². The van der Waals surface area contributed by atoms with E-state index in [2.05, 4.69) is 62.0 Å². The van der Waals surface area contributed by atoms with E-state index in [4.69, 9.17) is 0 Å². The van der Waals surface area contributed by atoms with E-state index in [1.54, 1.807) is 0 Å². The number of carbonyl (C=O) groups excluding carboxylic acids is 1. The van der Waals surface area contributed by atoms with Crippen molar-refractivity contribution in [1.29, 1.82) is 0 Å². The highest BCUT2D eigenvalue weighted by Crippen LogP contribution is 2.29. The van der Waals surface area contributed by atoms with Crippen molar-refractivity contribution < 1.29 is 4.79 Å². The first kappa shape index (κ1) is 17.3. The summed E-state index contributed by atoms with van der Waals surface area (Å²) in [6.45, 7) is 8.43. The number of nitrogens with zero attached hydrogens (tertiary/aromatic N) is 1. The molecule has 1 aromatic heterocycles. The molecule has 2 aromatic carbocycles. The van der Waals surface area contributed by atoms with Gasteiger partial charge in [-0.2, -0.15) is 0 Å². The zero-order valence-corrected chi connectivity index (χ0v) is 15.7. The predicted octanol–water partition coefficient (Wildman–Crippen LogP) is 5.10. The molecule has 0 aliphatic rings. The smallest absolute Gasteiger partial charge is 0.228 e. The Balaban J connectivity index is 1.92. The van der Waals surface area contributed by atoms with E-state index in [-0.39, 0.29) is 5.91 Å². The van der Waals surface area contributed by atoms with Crippen LogP contribution in [0.15, 0.2) is 42.5 Å². The number of amides is 1. The van der Waals surface area contributed by atoms with Crippen LogP contribution in [0.2, 0.25) is 0 Å². The van der Waals surface area contributed by atoms with Crippen molar-refractivity contribution in [2.75, 3.05) is 5.32 Å². The first-order valence-corrected chi connectivity index (χ1v) is 8.82. The molecule has 0 fully saturated rings. The molecule has 0 saturated heterocycles. The van der Waals surface area contributed by atoms with Gasteiger partial charge in [0.1, 0.15) is 0 Å². The Labute approximate surface area is 149 Å². The van der Waals surface area contributed by atoms with Crippen LogP contribution in [0.4, 0.5) is 5.69 Å². The number of hydrogen-bond acceptors (Lipinski definition) is 1. The van der Waals surface area contributed by atoms with Gasteiger partial charge < -0.3 is 9.88 Å². The van der Waals surface area contributed by atoms with Crippen LogP contribution in [0.3, 0.4) is 0 Å². The van der Waals surface area contributed by atoms with E-state index in [1.807, 2.05) is 25.1 Å². The number of para-hydroxylation sites is 2. The van der Waals surface area contributed by atoms with E-state index < -0.39 is 0 Å². The lowest BCUT2D eigenvalue weighted by Gasteiger charge is -2.16. The maximum atomic E-state index is 12.8. The molecular formula is C22H26N2O. The Morgan fingerprint density at radius 3 is 2.52 bits per heavy atom. The molecule has 3 heteroatoms. The second kappa shape index (κ2) is 6.75. The van der Waals surface area contributed by atoms with Crippen LogP contribution in [-0.2, 0) is 18.3 Å². The van der Waals surface area contributed by atoms with Gasteiger partial charge >= 0.3 is 0 Å². The van der Waals surface area contributed by atoms with Gasteiger partial charge in [-0.25, -0.2) is 0 Å². The summed E-state index contributed by atoms with van der Waals surface area (Å²) in [6.07, 6.45) is 0.388. The van der Waals surface area contributed by atoms with Gasteiger partial charge in [-0.1, -0.05) is 50.2 Å². The maximum absolute atomic E-state index is 12.8. The van der Waals surface area contributed by atoms with E-state index in [0.717, 1.165) is 27.9 Å². The third-order valence-corrected chi connectivity index (χ3v) is 5.06. The highest BCUT2D eigenvalue weighted by atomic mass is 16.1. The molecule has 0 spiro atoms. The van der Waals surface area contributed by atoms with Crippen molar-refractivity contribution in [2.45, 2.75) is 40.0 Å². The third-order valence-electron chi connectivity index (χ3n) is 5.06. The minimum absolute atomic E-state index is 0.0376. The highest BCUT2D eigenvalue weighted by Gasteiger charge is 2.17. The fourth-order valence-electron chi connectivity index (χ4n) is 3.51. The minimum atomic E-state index is 0.0376. The summed E-state index contributed by atoms with van der Waals surface area (Å²) in [4.78, 5) is 12.8. The van der Waals surface area contributed by atoms with Gasteiger partial charge in [0.25, 0.3) is 0 Å². The predicted molar refractivity (Wildman–Crippen MR) is 105 cm³/mol. The average molecular weight is 334 g/mol. The van der Waals surface area contributed by atoms with Gasteiger partial charge in [0.2, 0.25) is 5.91 Å². The van der Waals surface area contributed by atoms with Crippen LogP contribution in [-0.4, -0.2) is 10.5 Å². The number of anilines is 1. The summed E-state index contributed by atoms with van der Waals surface area (Å²) in [7, 11) is 2.05. The number of aryl methyl sites for hydroxylation is 2. The summed E-state index contributed by atoms with van der Waals surface area (Å²) in [5.74, 6) is 0.408. The summed E-state index contributed by atoms with van der Waals surface area (Å²) in [6, 6.07) is 14.5. The Hall–Kier alpha value is -2.55. The van der Waals surface area contributed by atoms with Crippen molar-refractivity contribution in [3.05, 3.63) is 64.8 Å². The van der Waals surface area contributed by atoms with Crippen LogP contribution in [0.1, 0.15) is 42.1 Å². The molecular weight excluding hydrogens is 308 g/mol. The maximum Gasteiger partial charge on any atom is 0.228 e. The summed E-state index contributed by atoms with van der Waals surface area (Å²) < 4.78 is 2.16. The zero-order chi connectivity index (χ0) is 18.1. The highest BCUT2D eigenvalue weighted by molar-refractivity contribution is 5.97. The van der Waals surface area contributed by atoms with Crippen LogP contribution < -0.4 is 5.32 Å². The molecule has 0 atom stereocenters. The number of benzene rings is 2. The molecule has 0 bridgehead atoms. The Kier molecular flexibility index (Phi) is 4.67. The molecule has 3 rings (SSSR count). The number of rotatable bonds is 4. The molecule has 0 aliphatic heterocycles.